The average molecular weight is 178 g/mol. The van der Waals surface area contributed by atoms with Gasteiger partial charge in [0.2, 0.25) is 0 Å². The molecule has 0 saturated carbocycles. The molecule has 0 fully saturated rings. The van der Waals surface area contributed by atoms with Crippen LogP contribution in [-0.2, 0) is 11.1 Å². The molecule has 0 saturated heterocycles. The summed E-state index contributed by atoms with van der Waals surface area (Å²) in [6, 6.07) is 0. The van der Waals surface area contributed by atoms with Crippen LogP contribution in [0.4, 0.5) is 0 Å². The minimum Gasteiger partial charge on any atom is -0.768 e. The Labute approximate surface area is 66.9 Å². The third kappa shape index (κ3) is 1.68. The molecule has 0 bridgehead atoms. The monoisotopic (exact) mass is 177 g/mol. The first-order valence-electron chi connectivity index (χ1n) is 2.87. The predicted molar refractivity (Wildman–Crippen MR) is 40.2 cm³/mol. The fourth-order valence-corrected chi connectivity index (χ4v) is 1.64. The summed E-state index contributed by atoms with van der Waals surface area (Å²) in [4.78, 5) is 0.230. The van der Waals surface area contributed by atoms with Crippen molar-refractivity contribution in [1.29, 1.82) is 0 Å². The molecule has 1 aliphatic rings. The van der Waals surface area contributed by atoms with E-state index in [1.54, 1.807) is 12.2 Å². The van der Waals surface area contributed by atoms with Gasteiger partial charge in [0.25, 0.3) is 0 Å². The quantitative estimate of drug-likeness (QED) is 0.572. The van der Waals surface area contributed by atoms with E-state index >= 15 is 0 Å². The number of allylic oxidation sites excluding steroid dienone is 3. The highest BCUT2D eigenvalue weighted by molar-refractivity contribution is 7.83. The van der Waals surface area contributed by atoms with E-state index in [0.29, 0.717) is 5.03 Å². The average Bonchev–Trinajstić information content (AvgIpc) is 1.88. The predicted octanol–water partition coefficient (Wildman–Crippen LogP) is 1.67. The lowest BCUT2D eigenvalue weighted by Gasteiger charge is -2.12. The van der Waals surface area contributed by atoms with Crippen molar-refractivity contribution < 1.29 is 8.76 Å². The highest BCUT2D eigenvalue weighted by Crippen LogP contribution is 2.23. The first-order chi connectivity index (χ1) is 4.72. The molecule has 0 radical (unpaired) electrons. The second-order valence-corrected chi connectivity index (χ2v) is 3.25. The van der Waals surface area contributed by atoms with Gasteiger partial charge in [0.15, 0.2) is 0 Å². The molecule has 1 atom stereocenters. The largest absolute Gasteiger partial charge is 0.768 e. The summed E-state index contributed by atoms with van der Waals surface area (Å²) in [5.41, 5.74) is 0. The summed E-state index contributed by atoms with van der Waals surface area (Å²) in [6.07, 6.45) is 4.94. The fourth-order valence-electron chi connectivity index (χ4n) is 0.770. The summed E-state index contributed by atoms with van der Waals surface area (Å²) in [6.45, 7) is 0. The molecule has 0 heterocycles. The van der Waals surface area contributed by atoms with Crippen LogP contribution in [0.1, 0.15) is 12.8 Å². The Morgan fingerprint density at radius 3 is 2.50 bits per heavy atom. The lowest BCUT2D eigenvalue weighted by molar-refractivity contribution is 0.544. The normalized spacial score (nSPS) is 21.4. The second-order valence-electron chi connectivity index (χ2n) is 1.93. The van der Waals surface area contributed by atoms with Crippen molar-refractivity contribution >= 4 is 22.7 Å². The molecule has 1 unspecified atom stereocenters. The van der Waals surface area contributed by atoms with Crippen LogP contribution < -0.4 is 0 Å². The topological polar surface area (TPSA) is 40.1 Å². The summed E-state index contributed by atoms with van der Waals surface area (Å²) >= 11 is 3.41. The van der Waals surface area contributed by atoms with Gasteiger partial charge in [0.1, 0.15) is 0 Å². The number of halogens is 1. The highest BCUT2D eigenvalue weighted by atomic mass is 35.5. The van der Waals surface area contributed by atoms with Gasteiger partial charge < -0.3 is 4.55 Å². The Hall–Kier alpha value is -0.120. The third-order valence-electron chi connectivity index (χ3n) is 1.23. The Morgan fingerprint density at radius 2 is 2.10 bits per heavy atom. The molecule has 0 aromatic rings. The van der Waals surface area contributed by atoms with Crippen molar-refractivity contribution in [3.05, 3.63) is 22.1 Å². The molecule has 10 heavy (non-hydrogen) atoms. The molecule has 1 aliphatic carbocycles. The Kier molecular flexibility index (Phi) is 2.65. The van der Waals surface area contributed by atoms with Crippen LogP contribution in [0, 0.1) is 0 Å². The van der Waals surface area contributed by atoms with E-state index in [0.717, 1.165) is 12.8 Å². The summed E-state index contributed by atoms with van der Waals surface area (Å²) in [5, 5.41) is 0.347. The number of rotatable bonds is 1. The van der Waals surface area contributed by atoms with Crippen LogP contribution in [0.3, 0.4) is 0 Å². The molecular formula is C6H6ClO2S-. The van der Waals surface area contributed by atoms with Crippen molar-refractivity contribution in [2.75, 3.05) is 0 Å². The molecule has 56 valence electrons. The van der Waals surface area contributed by atoms with E-state index in [4.69, 9.17) is 11.6 Å². The molecule has 0 aromatic heterocycles. The molecule has 0 N–H and O–H groups in total. The maximum Gasteiger partial charge on any atom is 0.0512 e. The van der Waals surface area contributed by atoms with Crippen LogP contribution >= 0.6 is 11.6 Å². The van der Waals surface area contributed by atoms with Gasteiger partial charge in [0, 0.05) is 4.91 Å². The van der Waals surface area contributed by atoms with E-state index in [1.165, 1.54) is 0 Å². The van der Waals surface area contributed by atoms with E-state index in [9.17, 15) is 8.76 Å². The number of hydrogen-bond acceptors (Lipinski definition) is 2. The maximum atomic E-state index is 10.4. The second kappa shape index (κ2) is 3.32. The Morgan fingerprint density at radius 1 is 1.50 bits per heavy atom. The summed E-state index contributed by atoms with van der Waals surface area (Å²) in [5.74, 6) is 0. The van der Waals surface area contributed by atoms with Gasteiger partial charge in [-0.05, 0) is 23.9 Å². The molecule has 0 spiro atoms. The zero-order valence-electron chi connectivity index (χ0n) is 5.17. The SMILES string of the molecule is O=S([O-])C1=CCCC=C1Cl. The first-order valence-corrected chi connectivity index (χ1v) is 4.32. The molecule has 0 amide bonds. The van der Waals surface area contributed by atoms with Gasteiger partial charge in [-0.25, -0.2) is 0 Å². The third-order valence-corrected chi connectivity index (χ3v) is 2.45. The summed E-state index contributed by atoms with van der Waals surface area (Å²) < 4.78 is 20.7. The van der Waals surface area contributed by atoms with E-state index in [2.05, 4.69) is 0 Å². The van der Waals surface area contributed by atoms with Crippen molar-refractivity contribution in [2.45, 2.75) is 12.8 Å². The zero-order chi connectivity index (χ0) is 7.56. The van der Waals surface area contributed by atoms with Gasteiger partial charge in [-0.1, -0.05) is 23.8 Å². The molecule has 4 heteroatoms. The Bertz CT molecular complexity index is 220. The fraction of sp³-hybridized carbons (Fsp3) is 0.333. The molecule has 1 rings (SSSR count). The van der Waals surface area contributed by atoms with E-state index in [1.807, 2.05) is 0 Å². The minimum absolute atomic E-state index is 0.230. The molecule has 0 aromatic carbocycles. The zero-order valence-corrected chi connectivity index (χ0v) is 6.74. The van der Waals surface area contributed by atoms with Gasteiger partial charge in [-0.15, -0.1) is 0 Å². The molecule has 0 aliphatic heterocycles. The van der Waals surface area contributed by atoms with Crippen molar-refractivity contribution in [3.8, 4) is 0 Å². The maximum absolute atomic E-state index is 10.4. The van der Waals surface area contributed by atoms with Crippen LogP contribution in [0.15, 0.2) is 22.1 Å². The van der Waals surface area contributed by atoms with Crippen LogP contribution in [0.5, 0.6) is 0 Å². The van der Waals surface area contributed by atoms with Crippen LogP contribution in [-0.4, -0.2) is 8.76 Å². The van der Waals surface area contributed by atoms with Crippen LogP contribution in [0.2, 0.25) is 0 Å². The lowest BCUT2D eigenvalue weighted by Crippen LogP contribution is -1.96. The van der Waals surface area contributed by atoms with E-state index < -0.39 is 11.1 Å². The molecule has 2 nitrogen and oxygen atoms in total. The first kappa shape index (κ1) is 7.98. The van der Waals surface area contributed by atoms with Crippen LogP contribution in [0.25, 0.3) is 0 Å². The van der Waals surface area contributed by atoms with E-state index in [-0.39, 0.29) is 4.91 Å². The van der Waals surface area contributed by atoms with Gasteiger partial charge in [0.05, 0.1) is 5.03 Å². The summed E-state index contributed by atoms with van der Waals surface area (Å²) in [7, 11) is 0. The van der Waals surface area contributed by atoms with Crippen molar-refractivity contribution in [3.63, 3.8) is 0 Å². The van der Waals surface area contributed by atoms with Gasteiger partial charge in [-0.3, -0.25) is 4.21 Å². The highest BCUT2D eigenvalue weighted by Gasteiger charge is 2.05. The van der Waals surface area contributed by atoms with Gasteiger partial charge in [-0.2, -0.15) is 0 Å². The lowest BCUT2D eigenvalue weighted by atomic mass is 10.2. The Balaban J connectivity index is 2.84. The minimum atomic E-state index is -2.17. The molecular weight excluding hydrogens is 172 g/mol. The van der Waals surface area contributed by atoms with Crippen molar-refractivity contribution in [1.82, 2.24) is 0 Å². The smallest absolute Gasteiger partial charge is 0.0512 e. The number of hydrogen-bond donors (Lipinski definition) is 0. The van der Waals surface area contributed by atoms with Gasteiger partial charge >= 0.3 is 0 Å². The standard InChI is InChI=1S/C6H7ClO2S/c7-5-3-1-2-4-6(5)10(8)9/h3-4H,1-2H2,(H,8,9)/p-1. The van der Waals surface area contributed by atoms with Crippen molar-refractivity contribution in [2.24, 2.45) is 0 Å².